The first-order valence-electron chi connectivity index (χ1n) is 4.19. The van der Waals surface area contributed by atoms with Crippen LogP contribution >= 0.6 is 38.9 Å². The van der Waals surface area contributed by atoms with Gasteiger partial charge >= 0.3 is 0 Å². The van der Waals surface area contributed by atoms with Crippen LogP contribution in [0.1, 0.15) is 5.56 Å². The Bertz CT molecular complexity index is 447. The molecule has 0 aliphatic carbocycles. The van der Waals surface area contributed by atoms with E-state index in [4.69, 9.17) is 11.6 Å². The largest absolute Gasteiger partial charge is 0.356 e. The molecule has 0 fully saturated rings. The summed E-state index contributed by atoms with van der Waals surface area (Å²) in [6.07, 6.45) is 0. The highest BCUT2D eigenvalue weighted by atomic mass is 79.9. The molecule has 1 aromatic carbocycles. The van der Waals surface area contributed by atoms with Crippen LogP contribution in [0.25, 0.3) is 0 Å². The van der Waals surface area contributed by atoms with Gasteiger partial charge in [0, 0.05) is 16.0 Å². The molecule has 15 heavy (non-hydrogen) atoms. The van der Waals surface area contributed by atoms with Crippen LogP contribution in [0.2, 0.25) is 5.02 Å². The van der Waals surface area contributed by atoms with Crippen LogP contribution < -0.4 is 5.32 Å². The van der Waals surface area contributed by atoms with E-state index in [2.05, 4.69) is 31.4 Å². The van der Waals surface area contributed by atoms with E-state index in [1.54, 1.807) is 5.51 Å². The van der Waals surface area contributed by atoms with Crippen molar-refractivity contribution in [1.29, 1.82) is 0 Å². The minimum absolute atomic E-state index is 0.677. The maximum absolute atomic E-state index is 5.90. The molecule has 0 aliphatic rings. The van der Waals surface area contributed by atoms with Crippen molar-refractivity contribution in [1.82, 2.24) is 10.2 Å². The SMILES string of the molecule is Clc1ccc(Br)c(CNc2nncs2)c1. The minimum atomic E-state index is 0.677. The molecule has 0 saturated heterocycles. The summed E-state index contributed by atoms with van der Waals surface area (Å²) in [7, 11) is 0. The average molecular weight is 305 g/mol. The van der Waals surface area contributed by atoms with E-state index >= 15 is 0 Å². The standard InChI is InChI=1S/C9H7BrClN3S/c10-8-2-1-7(11)3-6(8)4-12-9-14-13-5-15-9/h1-3,5H,4H2,(H,12,14). The van der Waals surface area contributed by atoms with Gasteiger partial charge < -0.3 is 5.32 Å². The van der Waals surface area contributed by atoms with Gasteiger partial charge in [0.1, 0.15) is 5.51 Å². The second-order valence-electron chi connectivity index (χ2n) is 2.83. The molecule has 0 unspecified atom stereocenters. The molecule has 78 valence electrons. The fourth-order valence-electron chi connectivity index (χ4n) is 1.10. The van der Waals surface area contributed by atoms with Crippen LogP contribution in [0, 0.1) is 0 Å². The summed E-state index contributed by atoms with van der Waals surface area (Å²) in [5.41, 5.74) is 2.78. The smallest absolute Gasteiger partial charge is 0.205 e. The summed E-state index contributed by atoms with van der Waals surface area (Å²) < 4.78 is 1.03. The lowest BCUT2D eigenvalue weighted by Gasteiger charge is -2.05. The van der Waals surface area contributed by atoms with Gasteiger partial charge in [-0.15, -0.1) is 10.2 Å². The lowest BCUT2D eigenvalue weighted by atomic mass is 10.2. The van der Waals surface area contributed by atoms with Crippen molar-refractivity contribution in [2.75, 3.05) is 5.32 Å². The molecule has 6 heteroatoms. The van der Waals surface area contributed by atoms with Gasteiger partial charge in [0.25, 0.3) is 0 Å². The predicted octanol–water partition coefficient (Wildman–Crippen LogP) is 3.57. The lowest BCUT2D eigenvalue weighted by molar-refractivity contribution is 1.05. The summed E-state index contributed by atoms with van der Waals surface area (Å²) in [6.45, 7) is 0.677. The maximum Gasteiger partial charge on any atom is 0.205 e. The van der Waals surface area contributed by atoms with Crippen molar-refractivity contribution < 1.29 is 0 Å². The van der Waals surface area contributed by atoms with E-state index in [1.807, 2.05) is 18.2 Å². The first kappa shape index (κ1) is 10.9. The van der Waals surface area contributed by atoms with Gasteiger partial charge in [-0.1, -0.05) is 38.9 Å². The molecule has 0 amide bonds. The highest BCUT2D eigenvalue weighted by Gasteiger charge is 2.02. The van der Waals surface area contributed by atoms with Crippen molar-refractivity contribution in [3.05, 3.63) is 38.8 Å². The van der Waals surface area contributed by atoms with Crippen molar-refractivity contribution >= 4 is 44.0 Å². The summed E-state index contributed by atoms with van der Waals surface area (Å²) in [6, 6.07) is 5.69. The predicted molar refractivity (Wildman–Crippen MR) is 66.4 cm³/mol. The molecule has 0 saturated carbocycles. The number of halogens is 2. The fraction of sp³-hybridized carbons (Fsp3) is 0.111. The number of benzene rings is 1. The van der Waals surface area contributed by atoms with Gasteiger partial charge in [-0.05, 0) is 23.8 Å². The third kappa shape index (κ3) is 2.90. The first-order chi connectivity index (χ1) is 7.25. The number of hydrogen-bond acceptors (Lipinski definition) is 4. The topological polar surface area (TPSA) is 37.8 Å². The normalized spacial score (nSPS) is 10.3. The molecular weight excluding hydrogens is 298 g/mol. The number of aromatic nitrogens is 2. The number of hydrogen-bond donors (Lipinski definition) is 1. The Morgan fingerprint density at radius 3 is 3.07 bits per heavy atom. The van der Waals surface area contributed by atoms with E-state index in [0.29, 0.717) is 6.54 Å². The Morgan fingerprint density at radius 2 is 2.33 bits per heavy atom. The van der Waals surface area contributed by atoms with Crippen LogP contribution in [0.3, 0.4) is 0 Å². The molecule has 0 aliphatic heterocycles. The van der Waals surface area contributed by atoms with E-state index in [9.17, 15) is 0 Å². The number of anilines is 1. The highest BCUT2D eigenvalue weighted by molar-refractivity contribution is 9.10. The Kier molecular flexibility index (Phi) is 3.56. The second-order valence-corrected chi connectivity index (χ2v) is 4.96. The van der Waals surface area contributed by atoms with Crippen molar-refractivity contribution in [2.45, 2.75) is 6.54 Å². The highest BCUT2D eigenvalue weighted by Crippen LogP contribution is 2.22. The molecule has 1 aromatic heterocycles. The van der Waals surface area contributed by atoms with Gasteiger partial charge in [-0.3, -0.25) is 0 Å². The molecule has 1 heterocycles. The maximum atomic E-state index is 5.90. The Labute approximate surface area is 105 Å². The molecule has 3 nitrogen and oxygen atoms in total. The van der Waals surface area contributed by atoms with Gasteiger partial charge in [-0.25, -0.2) is 0 Å². The van der Waals surface area contributed by atoms with Crippen LogP contribution in [0.4, 0.5) is 5.13 Å². The van der Waals surface area contributed by atoms with Crippen LogP contribution in [-0.4, -0.2) is 10.2 Å². The Morgan fingerprint density at radius 1 is 1.47 bits per heavy atom. The number of nitrogens with one attached hydrogen (secondary N) is 1. The van der Waals surface area contributed by atoms with Crippen LogP contribution in [-0.2, 0) is 6.54 Å². The number of nitrogens with zero attached hydrogens (tertiary/aromatic N) is 2. The average Bonchev–Trinajstić information content (AvgIpc) is 2.72. The third-order valence-electron chi connectivity index (χ3n) is 1.80. The summed E-state index contributed by atoms with van der Waals surface area (Å²) >= 11 is 10.8. The van der Waals surface area contributed by atoms with E-state index in [-0.39, 0.29) is 0 Å². The van der Waals surface area contributed by atoms with Crippen molar-refractivity contribution in [2.24, 2.45) is 0 Å². The molecule has 0 atom stereocenters. The quantitative estimate of drug-likeness (QED) is 0.942. The first-order valence-corrected chi connectivity index (χ1v) is 6.25. The van der Waals surface area contributed by atoms with Crippen LogP contribution in [0.5, 0.6) is 0 Å². The minimum Gasteiger partial charge on any atom is -0.356 e. The Hall–Kier alpha value is -0.650. The lowest BCUT2D eigenvalue weighted by Crippen LogP contribution is -1.99. The van der Waals surface area contributed by atoms with E-state index in [1.165, 1.54) is 11.3 Å². The zero-order chi connectivity index (χ0) is 10.7. The number of rotatable bonds is 3. The second kappa shape index (κ2) is 4.92. The van der Waals surface area contributed by atoms with Crippen molar-refractivity contribution in [3.63, 3.8) is 0 Å². The summed E-state index contributed by atoms with van der Waals surface area (Å²) in [5.74, 6) is 0. The molecule has 0 radical (unpaired) electrons. The fourth-order valence-corrected chi connectivity index (χ4v) is 2.13. The van der Waals surface area contributed by atoms with Crippen LogP contribution in [0.15, 0.2) is 28.2 Å². The van der Waals surface area contributed by atoms with E-state index < -0.39 is 0 Å². The molecule has 2 rings (SSSR count). The van der Waals surface area contributed by atoms with E-state index in [0.717, 1.165) is 20.2 Å². The molecule has 2 aromatic rings. The van der Waals surface area contributed by atoms with Gasteiger partial charge in [0.15, 0.2) is 0 Å². The molecule has 1 N–H and O–H groups in total. The van der Waals surface area contributed by atoms with Gasteiger partial charge in [0.05, 0.1) is 0 Å². The van der Waals surface area contributed by atoms with Crippen molar-refractivity contribution in [3.8, 4) is 0 Å². The summed E-state index contributed by atoms with van der Waals surface area (Å²) in [4.78, 5) is 0. The molecule has 0 spiro atoms. The Balaban J connectivity index is 2.07. The molecular formula is C9H7BrClN3S. The zero-order valence-corrected chi connectivity index (χ0v) is 10.7. The zero-order valence-electron chi connectivity index (χ0n) is 7.58. The van der Waals surface area contributed by atoms with Gasteiger partial charge in [0.2, 0.25) is 5.13 Å². The monoisotopic (exact) mass is 303 g/mol. The third-order valence-corrected chi connectivity index (χ3v) is 3.46. The molecule has 0 bridgehead atoms. The van der Waals surface area contributed by atoms with Gasteiger partial charge in [-0.2, -0.15) is 0 Å². The summed E-state index contributed by atoms with van der Waals surface area (Å²) in [5, 5.41) is 12.3.